The maximum Gasteiger partial charge on any atom is 0.338 e. The molecule has 0 atom stereocenters. The zero-order valence-electron chi connectivity index (χ0n) is 12.7. The zero-order chi connectivity index (χ0) is 14.8. The Hall–Kier alpha value is -1.39. The Morgan fingerprint density at radius 2 is 1.75 bits per heavy atom. The van der Waals surface area contributed by atoms with E-state index < -0.39 is 0 Å². The van der Waals surface area contributed by atoms with Crippen LogP contribution in [0.25, 0.3) is 0 Å². The lowest BCUT2D eigenvalue weighted by molar-refractivity contribution is 0.0468. The number of hydrogen-bond acceptors (Lipinski definition) is 4. The molecule has 0 aliphatic carbocycles. The van der Waals surface area contributed by atoms with Crippen molar-refractivity contribution in [3.63, 3.8) is 0 Å². The number of methoxy groups -OCH3 is 1. The number of rotatable bonds is 9. The summed E-state index contributed by atoms with van der Waals surface area (Å²) in [5, 5.41) is 0. The van der Waals surface area contributed by atoms with Gasteiger partial charge in [0.25, 0.3) is 0 Å². The third kappa shape index (κ3) is 5.72. The molecular weight excluding hydrogens is 254 g/mol. The lowest BCUT2D eigenvalue weighted by Gasteiger charge is -2.17. The summed E-state index contributed by atoms with van der Waals surface area (Å²) < 4.78 is 10.1. The van der Waals surface area contributed by atoms with E-state index in [1.165, 1.54) is 5.56 Å². The average Bonchev–Trinajstić information content (AvgIpc) is 2.49. The minimum atomic E-state index is -0.268. The van der Waals surface area contributed by atoms with Crippen LogP contribution in [-0.4, -0.2) is 44.3 Å². The van der Waals surface area contributed by atoms with E-state index in [1.54, 1.807) is 7.11 Å². The third-order valence-corrected chi connectivity index (χ3v) is 3.22. The Bertz CT molecular complexity index is 385. The predicted molar refractivity (Wildman–Crippen MR) is 79.8 cm³/mol. The van der Waals surface area contributed by atoms with Crippen molar-refractivity contribution in [3.8, 4) is 0 Å². The van der Waals surface area contributed by atoms with Crippen molar-refractivity contribution in [3.05, 3.63) is 35.4 Å². The van der Waals surface area contributed by atoms with Crippen molar-refractivity contribution >= 4 is 5.97 Å². The molecule has 1 aromatic carbocycles. The molecule has 0 amide bonds. The second-order valence-corrected chi connectivity index (χ2v) is 4.64. The fourth-order valence-corrected chi connectivity index (χ4v) is 1.90. The average molecular weight is 279 g/mol. The number of nitrogens with zero attached hydrogens (tertiary/aromatic N) is 1. The van der Waals surface area contributed by atoms with E-state index >= 15 is 0 Å². The molecule has 0 radical (unpaired) electrons. The van der Waals surface area contributed by atoms with Gasteiger partial charge in [0, 0.05) is 26.7 Å². The molecule has 112 valence electrons. The van der Waals surface area contributed by atoms with Crippen LogP contribution in [0.15, 0.2) is 24.3 Å². The molecule has 1 rings (SSSR count). The van der Waals surface area contributed by atoms with Crippen LogP contribution in [0, 0.1) is 0 Å². The number of ether oxygens (including phenoxy) is 2. The summed E-state index contributed by atoms with van der Waals surface area (Å²) in [5.41, 5.74) is 1.82. The molecule has 0 heterocycles. The Labute approximate surface area is 121 Å². The molecule has 0 N–H and O–H groups in total. The van der Waals surface area contributed by atoms with Crippen molar-refractivity contribution in [2.24, 2.45) is 0 Å². The quantitative estimate of drug-likeness (QED) is 0.514. The Balaban J connectivity index is 2.46. The van der Waals surface area contributed by atoms with Gasteiger partial charge in [-0.25, -0.2) is 4.79 Å². The summed E-state index contributed by atoms with van der Waals surface area (Å²) in [4.78, 5) is 14.1. The lowest BCUT2D eigenvalue weighted by atomic mass is 10.1. The first-order valence-corrected chi connectivity index (χ1v) is 7.18. The standard InChI is InChI=1S/C16H25NO3/c1-4-17(5-2)13-14-7-9-15(10-8-14)16(18)20-12-6-11-19-3/h7-10H,4-6,11-13H2,1-3H3. The second-order valence-electron chi connectivity index (χ2n) is 4.64. The zero-order valence-corrected chi connectivity index (χ0v) is 12.7. The summed E-state index contributed by atoms with van der Waals surface area (Å²) in [6, 6.07) is 7.64. The van der Waals surface area contributed by atoms with Crippen LogP contribution in [0.2, 0.25) is 0 Å². The van der Waals surface area contributed by atoms with Crippen molar-refractivity contribution in [1.29, 1.82) is 0 Å². The maximum atomic E-state index is 11.8. The molecule has 0 aliphatic rings. The highest BCUT2D eigenvalue weighted by molar-refractivity contribution is 5.89. The van der Waals surface area contributed by atoms with Crippen LogP contribution in [0.5, 0.6) is 0 Å². The summed E-state index contributed by atoms with van der Waals surface area (Å²) in [5.74, 6) is -0.268. The van der Waals surface area contributed by atoms with Crippen molar-refractivity contribution in [2.45, 2.75) is 26.8 Å². The smallest absolute Gasteiger partial charge is 0.338 e. The highest BCUT2D eigenvalue weighted by atomic mass is 16.5. The molecule has 0 saturated carbocycles. The molecule has 20 heavy (non-hydrogen) atoms. The number of carbonyl (C=O) groups excluding carboxylic acids is 1. The van der Waals surface area contributed by atoms with Gasteiger partial charge < -0.3 is 9.47 Å². The van der Waals surface area contributed by atoms with Gasteiger partial charge in [0.05, 0.1) is 12.2 Å². The Morgan fingerprint density at radius 3 is 2.30 bits per heavy atom. The van der Waals surface area contributed by atoms with Gasteiger partial charge in [-0.1, -0.05) is 26.0 Å². The predicted octanol–water partition coefficient (Wildman–Crippen LogP) is 2.72. The molecule has 0 spiro atoms. The minimum absolute atomic E-state index is 0.268. The molecule has 0 aromatic heterocycles. The second kappa shape index (κ2) is 9.50. The van der Waals surface area contributed by atoms with Crippen LogP contribution in [0.1, 0.15) is 36.2 Å². The van der Waals surface area contributed by atoms with Crippen LogP contribution in [0.4, 0.5) is 0 Å². The maximum absolute atomic E-state index is 11.8. The van der Waals surface area contributed by atoms with E-state index in [2.05, 4.69) is 18.7 Å². The first-order valence-electron chi connectivity index (χ1n) is 7.18. The van der Waals surface area contributed by atoms with E-state index in [0.29, 0.717) is 18.8 Å². The first kappa shape index (κ1) is 16.7. The van der Waals surface area contributed by atoms with E-state index in [0.717, 1.165) is 26.1 Å². The van der Waals surface area contributed by atoms with E-state index in [9.17, 15) is 4.79 Å². The van der Waals surface area contributed by atoms with E-state index in [1.807, 2.05) is 24.3 Å². The molecule has 1 aromatic rings. The highest BCUT2D eigenvalue weighted by Crippen LogP contribution is 2.09. The van der Waals surface area contributed by atoms with Crippen molar-refractivity contribution in [1.82, 2.24) is 4.90 Å². The van der Waals surface area contributed by atoms with Gasteiger partial charge in [-0.05, 0) is 30.8 Å². The number of carbonyl (C=O) groups is 1. The monoisotopic (exact) mass is 279 g/mol. The molecule has 0 saturated heterocycles. The molecule has 0 unspecified atom stereocenters. The fraction of sp³-hybridized carbons (Fsp3) is 0.562. The molecule has 0 fully saturated rings. The fourth-order valence-electron chi connectivity index (χ4n) is 1.90. The van der Waals surface area contributed by atoms with Gasteiger partial charge in [0.15, 0.2) is 0 Å². The van der Waals surface area contributed by atoms with Gasteiger partial charge in [-0.3, -0.25) is 4.90 Å². The van der Waals surface area contributed by atoms with Crippen LogP contribution in [0.3, 0.4) is 0 Å². The Kier molecular flexibility index (Phi) is 7.92. The normalized spacial score (nSPS) is 10.8. The SMILES string of the molecule is CCN(CC)Cc1ccc(C(=O)OCCCOC)cc1. The van der Waals surface area contributed by atoms with Crippen LogP contribution in [-0.2, 0) is 16.0 Å². The first-order chi connectivity index (χ1) is 9.71. The molecule has 0 bridgehead atoms. The summed E-state index contributed by atoms with van der Waals surface area (Å²) >= 11 is 0. The van der Waals surface area contributed by atoms with Crippen LogP contribution >= 0.6 is 0 Å². The topological polar surface area (TPSA) is 38.8 Å². The minimum Gasteiger partial charge on any atom is -0.462 e. The summed E-state index contributed by atoms with van der Waals surface area (Å²) in [7, 11) is 1.64. The third-order valence-electron chi connectivity index (χ3n) is 3.22. The van der Waals surface area contributed by atoms with Gasteiger partial charge in [-0.2, -0.15) is 0 Å². The van der Waals surface area contributed by atoms with E-state index in [-0.39, 0.29) is 5.97 Å². The van der Waals surface area contributed by atoms with Gasteiger partial charge in [0.1, 0.15) is 0 Å². The summed E-state index contributed by atoms with van der Waals surface area (Å²) in [6.45, 7) is 8.27. The highest BCUT2D eigenvalue weighted by Gasteiger charge is 2.07. The number of esters is 1. The molecule has 4 nitrogen and oxygen atoms in total. The number of hydrogen-bond donors (Lipinski definition) is 0. The molecule has 4 heteroatoms. The molecule has 0 aliphatic heterocycles. The van der Waals surface area contributed by atoms with Gasteiger partial charge >= 0.3 is 5.97 Å². The largest absolute Gasteiger partial charge is 0.462 e. The van der Waals surface area contributed by atoms with E-state index in [4.69, 9.17) is 9.47 Å². The van der Waals surface area contributed by atoms with Gasteiger partial charge in [-0.15, -0.1) is 0 Å². The lowest BCUT2D eigenvalue weighted by Crippen LogP contribution is -2.22. The Morgan fingerprint density at radius 1 is 1.10 bits per heavy atom. The summed E-state index contributed by atoms with van der Waals surface area (Å²) in [6.07, 6.45) is 0.724. The van der Waals surface area contributed by atoms with Crippen molar-refractivity contribution < 1.29 is 14.3 Å². The van der Waals surface area contributed by atoms with Crippen molar-refractivity contribution in [2.75, 3.05) is 33.4 Å². The van der Waals surface area contributed by atoms with Gasteiger partial charge in [0.2, 0.25) is 0 Å². The van der Waals surface area contributed by atoms with Crippen LogP contribution < -0.4 is 0 Å². The molecular formula is C16H25NO3. The number of benzene rings is 1.